The second-order valence-electron chi connectivity index (χ2n) is 5.36. The topological polar surface area (TPSA) is 66.4 Å². The van der Waals surface area contributed by atoms with Crippen LogP contribution in [0.15, 0.2) is 16.6 Å². The lowest BCUT2D eigenvalue weighted by Gasteiger charge is -2.27. The number of hydrogen-bond acceptors (Lipinski definition) is 2. The molecular formula is C13H14BrF2NO3. The minimum absolute atomic E-state index is 0.148. The fourth-order valence-corrected chi connectivity index (χ4v) is 2.01. The van der Waals surface area contributed by atoms with Crippen LogP contribution in [0.5, 0.6) is 0 Å². The van der Waals surface area contributed by atoms with Crippen LogP contribution in [0, 0.1) is 17.0 Å². The van der Waals surface area contributed by atoms with E-state index in [2.05, 4.69) is 21.2 Å². The molecule has 0 radical (unpaired) electrons. The number of rotatable bonds is 3. The highest BCUT2D eigenvalue weighted by Gasteiger charge is 2.34. The molecule has 0 saturated carbocycles. The first-order chi connectivity index (χ1) is 9.04. The van der Waals surface area contributed by atoms with E-state index in [9.17, 15) is 18.4 Å². The van der Waals surface area contributed by atoms with E-state index >= 15 is 0 Å². The monoisotopic (exact) mass is 349 g/mol. The third-order valence-corrected chi connectivity index (χ3v) is 3.08. The van der Waals surface area contributed by atoms with Gasteiger partial charge in [-0.15, -0.1) is 0 Å². The third kappa shape index (κ3) is 3.75. The van der Waals surface area contributed by atoms with E-state index in [1.165, 1.54) is 0 Å². The summed E-state index contributed by atoms with van der Waals surface area (Å²) in [5, 5.41) is 11.2. The summed E-state index contributed by atoms with van der Waals surface area (Å²) < 4.78 is 27.4. The number of carboxylic acid groups (broad SMARTS) is 1. The molecule has 0 bridgehead atoms. The Morgan fingerprint density at radius 3 is 2.05 bits per heavy atom. The molecule has 0 aliphatic carbocycles. The van der Waals surface area contributed by atoms with Crippen LogP contribution in [-0.2, 0) is 4.79 Å². The maximum absolute atomic E-state index is 13.6. The van der Waals surface area contributed by atoms with Gasteiger partial charge in [0.2, 0.25) is 0 Å². The number of aliphatic carboxylic acids is 1. The Balaban J connectivity index is 3.11. The number of carbonyl (C=O) groups excluding carboxylic acids is 1. The Hall–Kier alpha value is -1.50. The average molecular weight is 350 g/mol. The van der Waals surface area contributed by atoms with Crippen molar-refractivity contribution in [3.05, 3.63) is 33.8 Å². The van der Waals surface area contributed by atoms with Crippen molar-refractivity contribution in [2.75, 3.05) is 0 Å². The summed E-state index contributed by atoms with van der Waals surface area (Å²) in [6.45, 7) is 4.79. The normalized spacial score (nSPS) is 12.9. The first kappa shape index (κ1) is 16.6. The molecule has 1 rings (SSSR count). The molecule has 0 aromatic heterocycles. The molecule has 4 nitrogen and oxygen atoms in total. The second-order valence-corrected chi connectivity index (χ2v) is 6.27. The van der Waals surface area contributed by atoms with Gasteiger partial charge in [0.25, 0.3) is 5.91 Å². The Kier molecular flexibility index (Phi) is 4.86. The van der Waals surface area contributed by atoms with Crippen molar-refractivity contribution in [2.45, 2.75) is 26.8 Å². The van der Waals surface area contributed by atoms with Crippen LogP contribution in [0.2, 0.25) is 0 Å². The van der Waals surface area contributed by atoms with Crippen LogP contribution in [0.4, 0.5) is 8.78 Å². The lowest BCUT2D eigenvalue weighted by Crippen LogP contribution is -2.49. The number of halogens is 3. The molecular weight excluding hydrogens is 336 g/mol. The highest BCUT2D eigenvalue weighted by atomic mass is 79.9. The molecule has 1 amide bonds. The minimum atomic E-state index is -1.27. The molecule has 2 N–H and O–H groups in total. The Labute approximate surface area is 123 Å². The van der Waals surface area contributed by atoms with Crippen molar-refractivity contribution in [1.82, 2.24) is 5.32 Å². The van der Waals surface area contributed by atoms with E-state index in [0.717, 1.165) is 12.1 Å². The van der Waals surface area contributed by atoms with Crippen molar-refractivity contribution < 1.29 is 23.5 Å². The van der Waals surface area contributed by atoms with E-state index in [4.69, 9.17) is 5.11 Å². The first-order valence-corrected chi connectivity index (χ1v) is 6.51. The maximum Gasteiger partial charge on any atom is 0.326 e. The van der Waals surface area contributed by atoms with Crippen LogP contribution in [0.1, 0.15) is 31.1 Å². The molecule has 0 fully saturated rings. The number of benzene rings is 1. The SMILES string of the molecule is CC(C)(C)C(NC(=O)c1c(F)cc(Br)cc1F)C(=O)O. The molecule has 0 saturated heterocycles. The summed E-state index contributed by atoms with van der Waals surface area (Å²) in [5.41, 5.74) is -1.60. The number of hydrogen-bond donors (Lipinski definition) is 2. The molecule has 1 aromatic rings. The molecule has 1 unspecified atom stereocenters. The minimum Gasteiger partial charge on any atom is -0.480 e. The van der Waals surface area contributed by atoms with Crippen molar-refractivity contribution >= 4 is 27.8 Å². The quantitative estimate of drug-likeness (QED) is 0.881. The molecule has 1 atom stereocenters. The zero-order valence-electron chi connectivity index (χ0n) is 11.1. The summed E-state index contributed by atoms with van der Waals surface area (Å²) in [5.74, 6) is -4.50. The summed E-state index contributed by atoms with van der Waals surface area (Å²) in [6.07, 6.45) is 0. The summed E-state index contributed by atoms with van der Waals surface area (Å²) in [4.78, 5) is 23.0. The van der Waals surface area contributed by atoms with Gasteiger partial charge in [-0.25, -0.2) is 13.6 Å². The number of amides is 1. The number of carboxylic acids is 1. The molecule has 0 aliphatic heterocycles. The van der Waals surface area contributed by atoms with Gasteiger partial charge in [0.15, 0.2) is 0 Å². The van der Waals surface area contributed by atoms with Crippen molar-refractivity contribution in [1.29, 1.82) is 0 Å². The van der Waals surface area contributed by atoms with E-state index in [0.29, 0.717) is 0 Å². The number of nitrogens with one attached hydrogen (secondary N) is 1. The van der Waals surface area contributed by atoms with Crippen LogP contribution in [-0.4, -0.2) is 23.0 Å². The summed E-state index contributed by atoms with van der Waals surface area (Å²) in [7, 11) is 0. The van der Waals surface area contributed by atoms with E-state index in [1.807, 2.05) is 0 Å². The Bertz CT molecular complexity index is 532. The maximum atomic E-state index is 13.6. The lowest BCUT2D eigenvalue weighted by atomic mass is 9.86. The second kappa shape index (κ2) is 5.87. The third-order valence-electron chi connectivity index (χ3n) is 2.62. The molecule has 110 valence electrons. The molecule has 1 aromatic carbocycles. The van der Waals surface area contributed by atoms with Gasteiger partial charge in [0.1, 0.15) is 23.2 Å². The van der Waals surface area contributed by atoms with Crippen molar-refractivity contribution in [2.24, 2.45) is 5.41 Å². The zero-order chi connectivity index (χ0) is 15.7. The molecule has 0 heterocycles. The van der Waals surface area contributed by atoms with E-state index < -0.39 is 40.5 Å². The Morgan fingerprint density at radius 1 is 1.25 bits per heavy atom. The largest absolute Gasteiger partial charge is 0.480 e. The number of carbonyl (C=O) groups is 2. The lowest BCUT2D eigenvalue weighted by molar-refractivity contribution is -0.142. The van der Waals surface area contributed by atoms with Gasteiger partial charge in [-0.2, -0.15) is 0 Å². The predicted octanol–water partition coefficient (Wildman–Crippen LogP) is 2.96. The van der Waals surface area contributed by atoms with Gasteiger partial charge >= 0.3 is 5.97 Å². The fraction of sp³-hybridized carbons (Fsp3) is 0.385. The van der Waals surface area contributed by atoms with Crippen LogP contribution >= 0.6 is 15.9 Å². The fourth-order valence-electron chi connectivity index (χ4n) is 1.61. The zero-order valence-corrected chi connectivity index (χ0v) is 12.7. The van der Waals surface area contributed by atoms with Gasteiger partial charge in [-0.1, -0.05) is 36.7 Å². The van der Waals surface area contributed by atoms with Gasteiger partial charge in [-0.3, -0.25) is 4.79 Å². The first-order valence-electron chi connectivity index (χ1n) is 5.72. The van der Waals surface area contributed by atoms with Crippen LogP contribution in [0.3, 0.4) is 0 Å². The smallest absolute Gasteiger partial charge is 0.326 e. The molecule has 20 heavy (non-hydrogen) atoms. The van der Waals surface area contributed by atoms with E-state index in [-0.39, 0.29) is 4.47 Å². The molecule has 0 spiro atoms. The van der Waals surface area contributed by atoms with Crippen LogP contribution < -0.4 is 5.32 Å². The van der Waals surface area contributed by atoms with Gasteiger partial charge in [-0.05, 0) is 17.5 Å². The summed E-state index contributed by atoms with van der Waals surface area (Å²) >= 11 is 2.90. The van der Waals surface area contributed by atoms with Gasteiger partial charge in [0.05, 0.1) is 0 Å². The highest BCUT2D eigenvalue weighted by Crippen LogP contribution is 2.22. The molecule has 7 heteroatoms. The highest BCUT2D eigenvalue weighted by molar-refractivity contribution is 9.10. The van der Waals surface area contributed by atoms with Gasteiger partial charge in [0, 0.05) is 4.47 Å². The van der Waals surface area contributed by atoms with E-state index in [1.54, 1.807) is 20.8 Å². The van der Waals surface area contributed by atoms with Crippen LogP contribution in [0.25, 0.3) is 0 Å². The predicted molar refractivity (Wildman–Crippen MR) is 72.4 cm³/mol. The Morgan fingerprint density at radius 2 is 1.70 bits per heavy atom. The standard InChI is InChI=1S/C13H14BrF2NO3/c1-13(2,3)10(12(19)20)17-11(18)9-7(15)4-6(14)5-8(9)16/h4-5,10H,1-3H3,(H,17,18)(H,19,20). The summed E-state index contributed by atoms with van der Waals surface area (Å²) in [6, 6.07) is 0.604. The molecule has 0 aliphatic rings. The van der Waals surface area contributed by atoms with Crippen molar-refractivity contribution in [3.8, 4) is 0 Å². The van der Waals surface area contributed by atoms with Gasteiger partial charge < -0.3 is 10.4 Å². The van der Waals surface area contributed by atoms with Crippen molar-refractivity contribution in [3.63, 3.8) is 0 Å². The average Bonchev–Trinajstić information content (AvgIpc) is 2.22.